The summed E-state index contributed by atoms with van der Waals surface area (Å²) >= 11 is 0. The molecule has 2 aliphatic rings. The quantitative estimate of drug-likeness (QED) is 0.830. The molecule has 2 aliphatic heterocycles. The highest BCUT2D eigenvalue weighted by atomic mass is 16.5. The molecular weight excluding hydrogens is 332 g/mol. The first kappa shape index (κ1) is 16.6. The summed E-state index contributed by atoms with van der Waals surface area (Å²) in [5.74, 6) is 0.828. The highest BCUT2D eigenvalue weighted by Crippen LogP contribution is 2.38. The normalized spacial score (nSPS) is 15.4. The van der Waals surface area contributed by atoms with E-state index in [9.17, 15) is 9.59 Å². The maximum atomic E-state index is 12.6. The number of likely N-dealkylation sites (tertiary alicyclic amines) is 1. The minimum Gasteiger partial charge on any atom is -0.488 e. The second kappa shape index (κ2) is 6.82. The van der Waals surface area contributed by atoms with Gasteiger partial charge < -0.3 is 15.0 Å². The minimum atomic E-state index is -0.197. The molecule has 7 heteroatoms. The first-order valence-electron chi connectivity index (χ1n) is 8.99. The lowest BCUT2D eigenvalue weighted by Crippen LogP contribution is -2.31. The molecular formula is C19H22N4O3. The molecule has 1 N–H and O–H groups in total. The fourth-order valence-electron chi connectivity index (χ4n) is 3.66. The summed E-state index contributed by atoms with van der Waals surface area (Å²) in [7, 11) is 1.84. The smallest absolute Gasteiger partial charge is 0.272 e. The van der Waals surface area contributed by atoms with Crippen molar-refractivity contribution in [1.29, 1.82) is 0 Å². The highest BCUT2D eigenvalue weighted by Gasteiger charge is 2.28. The van der Waals surface area contributed by atoms with Gasteiger partial charge in [0.1, 0.15) is 12.4 Å². The van der Waals surface area contributed by atoms with Crippen LogP contribution >= 0.6 is 0 Å². The first-order chi connectivity index (χ1) is 12.6. The SMILES string of the molecule is Cn1nc(C(=O)NCCCN2CCCC2=O)c2c1-c1ccccc1OC2. The van der Waals surface area contributed by atoms with E-state index in [4.69, 9.17) is 4.74 Å². The second-order valence-corrected chi connectivity index (χ2v) is 6.68. The number of carbonyl (C=O) groups is 2. The number of ether oxygens (including phenoxy) is 1. The first-order valence-corrected chi connectivity index (χ1v) is 8.99. The summed E-state index contributed by atoms with van der Waals surface area (Å²) in [6.07, 6.45) is 2.33. The average Bonchev–Trinajstić information content (AvgIpc) is 3.22. The summed E-state index contributed by atoms with van der Waals surface area (Å²) in [6, 6.07) is 7.77. The number of nitrogens with zero attached hydrogens (tertiary/aromatic N) is 3. The van der Waals surface area contributed by atoms with Crippen LogP contribution in [0.25, 0.3) is 11.3 Å². The van der Waals surface area contributed by atoms with Crippen LogP contribution in [0.4, 0.5) is 0 Å². The van der Waals surface area contributed by atoms with Crippen molar-refractivity contribution in [3.8, 4) is 17.0 Å². The van der Waals surface area contributed by atoms with Crippen LogP contribution in [0.3, 0.4) is 0 Å². The predicted molar refractivity (Wildman–Crippen MR) is 95.7 cm³/mol. The number of aromatic nitrogens is 2. The predicted octanol–water partition coefficient (Wildman–Crippen LogP) is 1.72. The van der Waals surface area contributed by atoms with Crippen molar-refractivity contribution in [1.82, 2.24) is 20.0 Å². The third-order valence-corrected chi connectivity index (χ3v) is 4.94. The van der Waals surface area contributed by atoms with Crippen molar-refractivity contribution < 1.29 is 14.3 Å². The van der Waals surface area contributed by atoms with Crippen LogP contribution in [-0.2, 0) is 18.4 Å². The minimum absolute atomic E-state index is 0.197. The lowest BCUT2D eigenvalue weighted by Gasteiger charge is -2.18. The molecule has 136 valence electrons. The highest BCUT2D eigenvalue weighted by molar-refractivity contribution is 5.96. The lowest BCUT2D eigenvalue weighted by molar-refractivity contribution is -0.127. The van der Waals surface area contributed by atoms with Crippen LogP contribution in [0.15, 0.2) is 24.3 Å². The van der Waals surface area contributed by atoms with E-state index in [1.807, 2.05) is 36.2 Å². The molecule has 0 atom stereocenters. The molecule has 1 saturated heterocycles. The molecule has 7 nitrogen and oxygen atoms in total. The lowest BCUT2D eigenvalue weighted by atomic mass is 10.0. The van der Waals surface area contributed by atoms with Gasteiger partial charge in [-0.15, -0.1) is 0 Å². The van der Waals surface area contributed by atoms with Crippen LogP contribution in [-0.4, -0.2) is 46.1 Å². The fraction of sp³-hybridized carbons (Fsp3) is 0.421. The summed E-state index contributed by atoms with van der Waals surface area (Å²) in [5.41, 5.74) is 3.11. The number of nitrogens with one attached hydrogen (secondary N) is 1. The van der Waals surface area contributed by atoms with E-state index >= 15 is 0 Å². The van der Waals surface area contributed by atoms with E-state index in [-0.39, 0.29) is 11.8 Å². The summed E-state index contributed by atoms with van der Waals surface area (Å²) < 4.78 is 7.53. The van der Waals surface area contributed by atoms with E-state index in [0.29, 0.717) is 31.8 Å². The molecule has 0 unspecified atom stereocenters. The monoisotopic (exact) mass is 354 g/mol. The molecule has 0 bridgehead atoms. The number of para-hydroxylation sites is 1. The Morgan fingerprint density at radius 3 is 3.00 bits per heavy atom. The van der Waals surface area contributed by atoms with Crippen LogP contribution in [0, 0.1) is 0 Å². The Labute approximate surface area is 151 Å². The van der Waals surface area contributed by atoms with Crippen LogP contribution in [0.2, 0.25) is 0 Å². The van der Waals surface area contributed by atoms with E-state index in [2.05, 4.69) is 10.4 Å². The molecule has 3 heterocycles. The van der Waals surface area contributed by atoms with E-state index in [1.54, 1.807) is 4.68 Å². The van der Waals surface area contributed by atoms with Gasteiger partial charge in [-0.05, 0) is 25.0 Å². The molecule has 0 spiro atoms. The summed E-state index contributed by atoms with van der Waals surface area (Å²) in [5, 5.41) is 7.34. The fourth-order valence-corrected chi connectivity index (χ4v) is 3.66. The van der Waals surface area contributed by atoms with Crippen LogP contribution in [0.5, 0.6) is 5.75 Å². The Balaban J connectivity index is 1.42. The Morgan fingerprint density at radius 2 is 2.19 bits per heavy atom. The van der Waals surface area contributed by atoms with Crippen molar-refractivity contribution in [3.05, 3.63) is 35.5 Å². The van der Waals surface area contributed by atoms with Crippen molar-refractivity contribution >= 4 is 11.8 Å². The van der Waals surface area contributed by atoms with Gasteiger partial charge in [0, 0.05) is 44.2 Å². The van der Waals surface area contributed by atoms with Gasteiger partial charge in [0.25, 0.3) is 5.91 Å². The summed E-state index contributed by atoms with van der Waals surface area (Å²) in [6.45, 7) is 2.38. The van der Waals surface area contributed by atoms with E-state index in [0.717, 1.165) is 42.0 Å². The molecule has 0 radical (unpaired) electrons. The number of aryl methyl sites for hydroxylation is 1. The molecule has 1 fully saturated rings. The zero-order chi connectivity index (χ0) is 18.1. The zero-order valence-electron chi connectivity index (χ0n) is 14.8. The number of hydrogen-bond acceptors (Lipinski definition) is 4. The van der Waals surface area contributed by atoms with Gasteiger partial charge in [0.05, 0.1) is 5.69 Å². The van der Waals surface area contributed by atoms with Gasteiger partial charge in [-0.3, -0.25) is 14.3 Å². The Morgan fingerprint density at radius 1 is 1.35 bits per heavy atom. The topological polar surface area (TPSA) is 76.5 Å². The number of benzene rings is 1. The molecule has 2 aromatic rings. The largest absolute Gasteiger partial charge is 0.488 e. The number of carbonyl (C=O) groups excluding carboxylic acids is 2. The van der Waals surface area contributed by atoms with Gasteiger partial charge >= 0.3 is 0 Å². The Bertz CT molecular complexity index is 858. The van der Waals surface area contributed by atoms with Crippen LogP contribution in [0.1, 0.15) is 35.3 Å². The molecule has 4 rings (SSSR count). The van der Waals surface area contributed by atoms with Gasteiger partial charge in [0.15, 0.2) is 5.69 Å². The number of amides is 2. The Kier molecular flexibility index (Phi) is 4.36. The van der Waals surface area contributed by atoms with Crippen molar-refractivity contribution in [2.24, 2.45) is 7.05 Å². The maximum absolute atomic E-state index is 12.6. The standard InChI is InChI=1S/C19H22N4O3/c1-22-18-13-6-2-3-7-15(13)26-12-14(18)17(21-22)19(25)20-9-5-11-23-10-4-8-16(23)24/h2-3,6-7H,4-5,8-12H2,1H3,(H,20,25). The van der Waals surface area contributed by atoms with Crippen LogP contribution < -0.4 is 10.1 Å². The second-order valence-electron chi connectivity index (χ2n) is 6.68. The molecule has 2 amide bonds. The molecule has 0 saturated carbocycles. The maximum Gasteiger partial charge on any atom is 0.272 e. The molecule has 1 aromatic heterocycles. The number of hydrogen-bond donors (Lipinski definition) is 1. The third kappa shape index (κ3) is 2.94. The average molecular weight is 354 g/mol. The van der Waals surface area contributed by atoms with Gasteiger partial charge in [-0.25, -0.2) is 0 Å². The van der Waals surface area contributed by atoms with Crippen molar-refractivity contribution in [2.45, 2.75) is 25.9 Å². The van der Waals surface area contributed by atoms with Gasteiger partial charge in [-0.2, -0.15) is 5.10 Å². The number of fused-ring (bicyclic) bond motifs is 3. The van der Waals surface area contributed by atoms with Crippen molar-refractivity contribution in [2.75, 3.05) is 19.6 Å². The molecule has 0 aliphatic carbocycles. The molecule has 1 aromatic carbocycles. The molecule has 26 heavy (non-hydrogen) atoms. The summed E-state index contributed by atoms with van der Waals surface area (Å²) in [4.78, 5) is 26.0. The van der Waals surface area contributed by atoms with Gasteiger partial charge in [0.2, 0.25) is 5.91 Å². The van der Waals surface area contributed by atoms with Gasteiger partial charge in [-0.1, -0.05) is 12.1 Å². The van der Waals surface area contributed by atoms with E-state index in [1.165, 1.54) is 0 Å². The number of rotatable bonds is 5. The third-order valence-electron chi connectivity index (χ3n) is 4.94. The zero-order valence-corrected chi connectivity index (χ0v) is 14.8. The van der Waals surface area contributed by atoms with Crippen molar-refractivity contribution in [3.63, 3.8) is 0 Å². The Hall–Kier alpha value is -2.83. The van der Waals surface area contributed by atoms with E-state index < -0.39 is 0 Å².